The predicted molar refractivity (Wildman–Crippen MR) is 75.3 cm³/mol. The van der Waals surface area contributed by atoms with Crippen molar-refractivity contribution in [1.82, 2.24) is 10.1 Å². The summed E-state index contributed by atoms with van der Waals surface area (Å²) >= 11 is 0. The van der Waals surface area contributed by atoms with Crippen LogP contribution in [0.3, 0.4) is 0 Å². The molecular formula is C15H19N3O2. The van der Waals surface area contributed by atoms with E-state index >= 15 is 0 Å². The fourth-order valence-corrected chi connectivity index (χ4v) is 2.53. The summed E-state index contributed by atoms with van der Waals surface area (Å²) in [5.74, 6) is 1.26. The summed E-state index contributed by atoms with van der Waals surface area (Å²) in [6.45, 7) is 3.95. The molecule has 1 aromatic carbocycles. The van der Waals surface area contributed by atoms with E-state index in [2.05, 4.69) is 17.1 Å². The van der Waals surface area contributed by atoms with Crippen molar-refractivity contribution in [1.29, 1.82) is 0 Å². The van der Waals surface area contributed by atoms with Gasteiger partial charge >= 0.3 is 0 Å². The van der Waals surface area contributed by atoms with E-state index in [1.54, 1.807) is 0 Å². The Labute approximate surface area is 118 Å². The molecule has 0 aliphatic carbocycles. The van der Waals surface area contributed by atoms with Crippen molar-refractivity contribution >= 4 is 0 Å². The maximum absolute atomic E-state index is 5.95. The third-order valence-corrected chi connectivity index (χ3v) is 4.03. The number of aryl methyl sites for hydroxylation is 1. The zero-order valence-electron chi connectivity index (χ0n) is 11.6. The molecule has 0 bridgehead atoms. The Bertz CT molecular complexity index is 571. The van der Waals surface area contributed by atoms with Gasteiger partial charge in [0.2, 0.25) is 11.7 Å². The van der Waals surface area contributed by atoms with E-state index in [1.807, 2.05) is 24.3 Å². The van der Waals surface area contributed by atoms with E-state index in [9.17, 15) is 0 Å². The smallest absolute Gasteiger partial charge is 0.234 e. The van der Waals surface area contributed by atoms with E-state index in [0.717, 1.165) is 18.4 Å². The molecule has 1 saturated heterocycles. The molecule has 0 spiro atoms. The van der Waals surface area contributed by atoms with Crippen LogP contribution in [-0.2, 0) is 10.2 Å². The van der Waals surface area contributed by atoms with Crippen molar-refractivity contribution in [2.45, 2.75) is 25.2 Å². The second-order valence-electron chi connectivity index (χ2n) is 5.39. The second kappa shape index (κ2) is 5.34. The van der Waals surface area contributed by atoms with Crippen LogP contribution in [0.25, 0.3) is 11.4 Å². The Kier molecular flexibility index (Phi) is 3.54. The minimum Gasteiger partial charge on any atom is -0.381 e. The SMILES string of the molecule is Cc1ccc(-c2noc(C3(CN)CCOCC3)n2)cc1. The first-order valence-electron chi connectivity index (χ1n) is 6.93. The number of ether oxygens (including phenoxy) is 1. The lowest BCUT2D eigenvalue weighted by atomic mass is 9.80. The zero-order chi connectivity index (χ0) is 14.0. The van der Waals surface area contributed by atoms with Crippen molar-refractivity contribution in [2.75, 3.05) is 19.8 Å². The number of hydrogen-bond donors (Lipinski definition) is 1. The number of nitrogens with zero attached hydrogens (tertiary/aromatic N) is 2. The van der Waals surface area contributed by atoms with Crippen LogP contribution in [0.15, 0.2) is 28.8 Å². The van der Waals surface area contributed by atoms with Crippen LogP contribution in [-0.4, -0.2) is 29.9 Å². The fraction of sp³-hybridized carbons (Fsp3) is 0.467. The Hall–Kier alpha value is -1.72. The highest BCUT2D eigenvalue weighted by Crippen LogP contribution is 2.33. The second-order valence-corrected chi connectivity index (χ2v) is 5.39. The van der Waals surface area contributed by atoms with Crippen molar-refractivity contribution < 1.29 is 9.26 Å². The Balaban J connectivity index is 1.91. The van der Waals surface area contributed by atoms with Gasteiger partial charge in [0.05, 0.1) is 5.41 Å². The van der Waals surface area contributed by atoms with Gasteiger partial charge in [0.15, 0.2) is 0 Å². The summed E-state index contributed by atoms with van der Waals surface area (Å²) in [5.41, 5.74) is 7.90. The number of hydrogen-bond acceptors (Lipinski definition) is 5. The molecule has 0 radical (unpaired) electrons. The third-order valence-electron chi connectivity index (χ3n) is 4.03. The maximum Gasteiger partial charge on any atom is 0.234 e. The lowest BCUT2D eigenvalue weighted by molar-refractivity contribution is 0.0409. The highest BCUT2D eigenvalue weighted by Gasteiger charge is 2.38. The van der Waals surface area contributed by atoms with Crippen LogP contribution in [0.4, 0.5) is 0 Å². The van der Waals surface area contributed by atoms with Gasteiger partial charge in [-0.15, -0.1) is 0 Å². The number of benzene rings is 1. The summed E-state index contributed by atoms with van der Waals surface area (Å²) < 4.78 is 10.9. The van der Waals surface area contributed by atoms with E-state index in [0.29, 0.717) is 31.5 Å². The molecule has 2 heterocycles. The molecule has 1 aliphatic heterocycles. The number of nitrogens with two attached hydrogens (primary N) is 1. The number of aromatic nitrogens is 2. The van der Waals surface area contributed by atoms with Crippen molar-refractivity contribution in [3.63, 3.8) is 0 Å². The van der Waals surface area contributed by atoms with Gasteiger partial charge in [-0.05, 0) is 19.8 Å². The van der Waals surface area contributed by atoms with E-state index in [4.69, 9.17) is 15.0 Å². The van der Waals surface area contributed by atoms with Gasteiger partial charge in [-0.2, -0.15) is 4.98 Å². The summed E-state index contributed by atoms with van der Waals surface area (Å²) in [4.78, 5) is 4.56. The molecule has 1 aromatic heterocycles. The standard InChI is InChI=1S/C15H19N3O2/c1-11-2-4-12(5-3-11)13-17-14(20-18-13)15(10-16)6-8-19-9-7-15/h2-5H,6-10,16H2,1H3. The summed E-state index contributed by atoms with van der Waals surface area (Å²) in [5, 5.41) is 4.10. The minimum atomic E-state index is -0.228. The topological polar surface area (TPSA) is 74.2 Å². The molecule has 3 rings (SSSR count). The largest absolute Gasteiger partial charge is 0.381 e. The molecule has 20 heavy (non-hydrogen) atoms. The molecule has 106 valence electrons. The summed E-state index contributed by atoms with van der Waals surface area (Å²) in [6, 6.07) is 8.09. The first kappa shape index (κ1) is 13.3. The van der Waals surface area contributed by atoms with Gasteiger partial charge in [0, 0.05) is 25.3 Å². The van der Waals surface area contributed by atoms with Crippen LogP contribution < -0.4 is 5.73 Å². The van der Waals surface area contributed by atoms with Crippen molar-refractivity contribution in [2.24, 2.45) is 5.73 Å². The zero-order valence-corrected chi connectivity index (χ0v) is 11.6. The monoisotopic (exact) mass is 273 g/mol. The molecule has 0 unspecified atom stereocenters. The van der Waals surface area contributed by atoms with Crippen LogP contribution in [0, 0.1) is 6.92 Å². The molecule has 1 aliphatic rings. The first-order chi connectivity index (χ1) is 9.73. The van der Waals surface area contributed by atoms with E-state index < -0.39 is 0 Å². The molecule has 0 amide bonds. The molecular weight excluding hydrogens is 254 g/mol. The van der Waals surface area contributed by atoms with Gasteiger partial charge in [-0.3, -0.25) is 0 Å². The molecule has 2 N–H and O–H groups in total. The molecule has 5 nitrogen and oxygen atoms in total. The Morgan fingerprint density at radius 1 is 1.20 bits per heavy atom. The Morgan fingerprint density at radius 3 is 2.55 bits per heavy atom. The van der Waals surface area contributed by atoms with Crippen LogP contribution in [0.1, 0.15) is 24.3 Å². The Morgan fingerprint density at radius 2 is 1.90 bits per heavy atom. The summed E-state index contributed by atoms with van der Waals surface area (Å²) in [6.07, 6.45) is 1.66. The van der Waals surface area contributed by atoms with Gasteiger partial charge in [-0.25, -0.2) is 0 Å². The predicted octanol–water partition coefficient (Wildman–Crippen LogP) is 2.05. The van der Waals surface area contributed by atoms with Gasteiger partial charge < -0.3 is 15.0 Å². The first-order valence-corrected chi connectivity index (χ1v) is 6.93. The molecule has 2 aromatic rings. The quantitative estimate of drug-likeness (QED) is 0.926. The summed E-state index contributed by atoms with van der Waals surface area (Å²) in [7, 11) is 0. The molecule has 0 saturated carbocycles. The van der Waals surface area contributed by atoms with Crippen molar-refractivity contribution in [3.05, 3.63) is 35.7 Å². The van der Waals surface area contributed by atoms with Gasteiger partial charge in [-0.1, -0.05) is 35.0 Å². The average Bonchev–Trinajstić information content (AvgIpc) is 2.99. The normalized spacial score (nSPS) is 18.1. The molecule has 0 atom stereocenters. The van der Waals surface area contributed by atoms with Gasteiger partial charge in [0.25, 0.3) is 0 Å². The lowest BCUT2D eigenvalue weighted by Crippen LogP contribution is -2.40. The molecule has 1 fully saturated rings. The van der Waals surface area contributed by atoms with Crippen LogP contribution in [0.5, 0.6) is 0 Å². The van der Waals surface area contributed by atoms with Crippen LogP contribution in [0.2, 0.25) is 0 Å². The average molecular weight is 273 g/mol. The third kappa shape index (κ3) is 2.34. The fourth-order valence-electron chi connectivity index (χ4n) is 2.53. The molecule has 5 heteroatoms. The van der Waals surface area contributed by atoms with Crippen molar-refractivity contribution in [3.8, 4) is 11.4 Å². The van der Waals surface area contributed by atoms with E-state index in [1.165, 1.54) is 5.56 Å². The van der Waals surface area contributed by atoms with Crippen LogP contribution >= 0.6 is 0 Å². The highest BCUT2D eigenvalue weighted by atomic mass is 16.5. The highest BCUT2D eigenvalue weighted by molar-refractivity contribution is 5.54. The lowest BCUT2D eigenvalue weighted by Gasteiger charge is -2.32. The van der Waals surface area contributed by atoms with Gasteiger partial charge in [0.1, 0.15) is 0 Å². The maximum atomic E-state index is 5.95. The number of rotatable bonds is 3. The minimum absolute atomic E-state index is 0.228. The van der Waals surface area contributed by atoms with E-state index in [-0.39, 0.29) is 5.41 Å².